The highest BCUT2D eigenvalue weighted by atomic mass is 32.2. The van der Waals surface area contributed by atoms with Gasteiger partial charge < -0.3 is 20.1 Å². The Morgan fingerprint density at radius 3 is 2.64 bits per heavy atom. The van der Waals surface area contributed by atoms with Gasteiger partial charge in [0, 0.05) is 48.5 Å². The Morgan fingerprint density at radius 1 is 1.20 bits per heavy atom. The van der Waals surface area contributed by atoms with Gasteiger partial charge in [0.05, 0.1) is 12.6 Å². The summed E-state index contributed by atoms with van der Waals surface area (Å²) in [4.78, 5) is 5.01. The van der Waals surface area contributed by atoms with Gasteiger partial charge in [-0.2, -0.15) is 11.8 Å². The van der Waals surface area contributed by atoms with Gasteiger partial charge in [-0.3, -0.25) is 4.99 Å². The maximum absolute atomic E-state index is 5.92. The van der Waals surface area contributed by atoms with Gasteiger partial charge in [0.2, 0.25) is 0 Å². The van der Waals surface area contributed by atoms with E-state index in [-0.39, 0.29) is 10.2 Å². The van der Waals surface area contributed by atoms with Crippen molar-refractivity contribution in [2.24, 2.45) is 16.3 Å². The number of guanidine groups is 1. The van der Waals surface area contributed by atoms with Gasteiger partial charge >= 0.3 is 0 Å². The average Bonchev–Trinajstić information content (AvgIpc) is 3.05. The molecule has 144 valence electrons. The highest BCUT2D eigenvalue weighted by molar-refractivity contribution is 8.00. The smallest absolute Gasteiger partial charge is 0.191 e. The Balaban J connectivity index is 1.66. The van der Waals surface area contributed by atoms with Crippen molar-refractivity contribution >= 4 is 17.7 Å². The van der Waals surface area contributed by atoms with Crippen molar-refractivity contribution in [1.82, 2.24) is 10.6 Å². The Hall–Kier alpha value is -0.460. The van der Waals surface area contributed by atoms with Crippen molar-refractivity contribution in [1.29, 1.82) is 0 Å². The topological polar surface area (TPSA) is 54.9 Å². The van der Waals surface area contributed by atoms with Crippen LogP contribution in [0.1, 0.15) is 47.0 Å². The summed E-state index contributed by atoms with van der Waals surface area (Å²) in [7, 11) is 0. The molecule has 1 aliphatic carbocycles. The highest BCUT2D eigenvalue weighted by Gasteiger charge is 2.59. The number of fused-ring (bicyclic) bond motifs is 1. The number of hydrogen-bond acceptors (Lipinski definition) is 4. The number of nitrogens with zero attached hydrogens (tertiary/aromatic N) is 1. The third-order valence-electron chi connectivity index (χ3n) is 6.12. The van der Waals surface area contributed by atoms with Crippen LogP contribution in [0.4, 0.5) is 0 Å². The molecule has 25 heavy (non-hydrogen) atoms. The third-order valence-corrected chi connectivity index (χ3v) is 7.56. The second-order valence-corrected chi connectivity index (χ2v) is 9.84. The molecule has 0 bridgehead atoms. The summed E-state index contributed by atoms with van der Waals surface area (Å²) in [5.74, 6) is 2.73. The molecule has 3 aliphatic rings. The molecule has 0 aromatic heterocycles. The van der Waals surface area contributed by atoms with Crippen LogP contribution < -0.4 is 10.6 Å². The zero-order valence-electron chi connectivity index (χ0n) is 16.3. The lowest BCUT2D eigenvalue weighted by Gasteiger charge is -2.55. The molecule has 0 aromatic carbocycles. The number of thioether (sulfide) groups is 1. The fourth-order valence-corrected chi connectivity index (χ4v) is 5.93. The Kier molecular flexibility index (Phi) is 6.22. The lowest BCUT2D eigenvalue weighted by molar-refractivity contribution is -0.106. The van der Waals surface area contributed by atoms with E-state index in [1.54, 1.807) is 0 Å². The van der Waals surface area contributed by atoms with E-state index in [0.717, 1.165) is 63.9 Å². The summed E-state index contributed by atoms with van der Waals surface area (Å²) in [6.07, 6.45) is 3.77. The van der Waals surface area contributed by atoms with Crippen LogP contribution in [-0.4, -0.2) is 61.5 Å². The maximum atomic E-state index is 5.92. The Morgan fingerprint density at radius 2 is 1.96 bits per heavy atom. The first-order valence-corrected chi connectivity index (χ1v) is 10.9. The molecule has 2 aliphatic heterocycles. The van der Waals surface area contributed by atoms with Crippen LogP contribution in [0.3, 0.4) is 0 Å². The fraction of sp³-hybridized carbons (Fsp3) is 0.947. The summed E-state index contributed by atoms with van der Waals surface area (Å²) in [6, 6.07) is 0.447. The molecule has 2 heterocycles. The second kappa shape index (κ2) is 8.05. The van der Waals surface area contributed by atoms with Gasteiger partial charge in [0.25, 0.3) is 0 Å². The van der Waals surface area contributed by atoms with Gasteiger partial charge in [-0.05, 0) is 31.9 Å². The van der Waals surface area contributed by atoms with E-state index in [1.165, 1.54) is 0 Å². The van der Waals surface area contributed by atoms with Gasteiger partial charge in [-0.1, -0.05) is 20.8 Å². The van der Waals surface area contributed by atoms with Crippen LogP contribution >= 0.6 is 11.8 Å². The summed E-state index contributed by atoms with van der Waals surface area (Å²) in [5, 5.41) is 7.19. The Bertz CT molecular complexity index is 472. The first kappa shape index (κ1) is 19.3. The van der Waals surface area contributed by atoms with Crippen molar-refractivity contribution in [3.8, 4) is 0 Å². The van der Waals surface area contributed by atoms with Gasteiger partial charge in [-0.25, -0.2) is 0 Å². The SMILES string of the molecule is CCNC(=NCC1(SCC)CCOCC1)NC1C2CCOC2C1(C)C. The van der Waals surface area contributed by atoms with E-state index >= 15 is 0 Å². The largest absolute Gasteiger partial charge is 0.381 e. The molecular formula is C19H35N3O2S. The minimum atomic E-state index is 0.173. The molecule has 3 rings (SSSR count). The molecule has 1 saturated carbocycles. The summed E-state index contributed by atoms with van der Waals surface area (Å²) < 4.78 is 11.7. The number of nitrogens with one attached hydrogen (secondary N) is 2. The minimum Gasteiger partial charge on any atom is -0.381 e. The van der Waals surface area contributed by atoms with Crippen LogP contribution in [0.5, 0.6) is 0 Å². The highest BCUT2D eigenvalue weighted by Crippen LogP contribution is 2.52. The molecule has 3 fully saturated rings. The zero-order chi connectivity index (χ0) is 17.9. The molecule has 2 N–H and O–H groups in total. The van der Waals surface area contributed by atoms with E-state index in [0.29, 0.717) is 18.1 Å². The van der Waals surface area contributed by atoms with Crippen LogP contribution in [0.15, 0.2) is 4.99 Å². The maximum Gasteiger partial charge on any atom is 0.191 e. The van der Waals surface area contributed by atoms with E-state index < -0.39 is 0 Å². The predicted octanol–water partition coefficient (Wildman–Crippen LogP) is 2.66. The molecule has 0 aromatic rings. The number of aliphatic imine (C=N–C) groups is 1. The Labute approximate surface area is 157 Å². The van der Waals surface area contributed by atoms with Crippen LogP contribution in [0, 0.1) is 11.3 Å². The third kappa shape index (κ3) is 3.96. The summed E-state index contributed by atoms with van der Waals surface area (Å²) >= 11 is 2.05. The minimum absolute atomic E-state index is 0.173. The van der Waals surface area contributed by atoms with Gasteiger partial charge in [0.1, 0.15) is 0 Å². The first-order chi connectivity index (χ1) is 12.0. The summed E-state index contributed by atoms with van der Waals surface area (Å²) in [5.41, 5.74) is 0.173. The van der Waals surface area contributed by atoms with Crippen LogP contribution in [-0.2, 0) is 9.47 Å². The summed E-state index contributed by atoms with van der Waals surface area (Å²) in [6.45, 7) is 13.4. The molecule has 6 heteroatoms. The predicted molar refractivity (Wildman–Crippen MR) is 105 cm³/mol. The average molecular weight is 370 g/mol. The van der Waals surface area contributed by atoms with Crippen molar-refractivity contribution < 1.29 is 9.47 Å². The first-order valence-electron chi connectivity index (χ1n) is 9.90. The molecule has 2 saturated heterocycles. The molecule has 0 radical (unpaired) electrons. The lowest BCUT2D eigenvalue weighted by atomic mass is 9.57. The monoisotopic (exact) mass is 369 g/mol. The van der Waals surface area contributed by atoms with E-state index in [9.17, 15) is 0 Å². The number of rotatable bonds is 6. The molecule has 0 spiro atoms. The quantitative estimate of drug-likeness (QED) is 0.557. The van der Waals surface area contributed by atoms with E-state index in [2.05, 4.69) is 50.1 Å². The van der Waals surface area contributed by atoms with Crippen molar-refractivity contribution in [3.63, 3.8) is 0 Å². The van der Waals surface area contributed by atoms with Crippen molar-refractivity contribution in [2.45, 2.75) is 63.9 Å². The standard InChI is InChI=1S/C19H35N3O2S/c1-5-20-17(21-13-19(25-6-2)8-11-23-12-9-19)22-15-14-7-10-24-16(14)18(15,3)4/h14-16H,5-13H2,1-4H3,(H2,20,21,22). The van der Waals surface area contributed by atoms with Gasteiger partial charge in [-0.15, -0.1) is 0 Å². The molecule has 5 nitrogen and oxygen atoms in total. The fourth-order valence-electron chi connectivity index (χ4n) is 4.71. The number of ether oxygens (including phenoxy) is 2. The van der Waals surface area contributed by atoms with Crippen molar-refractivity contribution in [3.05, 3.63) is 0 Å². The van der Waals surface area contributed by atoms with Crippen LogP contribution in [0.25, 0.3) is 0 Å². The molecular weight excluding hydrogens is 334 g/mol. The van der Waals surface area contributed by atoms with E-state index in [1.807, 2.05) is 0 Å². The number of hydrogen-bond donors (Lipinski definition) is 2. The molecule has 3 atom stereocenters. The van der Waals surface area contributed by atoms with Crippen LogP contribution in [0.2, 0.25) is 0 Å². The van der Waals surface area contributed by atoms with Gasteiger partial charge in [0.15, 0.2) is 5.96 Å². The molecule has 0 amide bonds. The lowest BCUT2D eigenvalue weighted by Crippen LogP contribution is -2.68. The zero-order valence-corrected chi connectivity index (χ0v) is 17.1. The second-order valence-electron chi connectivity index (χ2n) is 8.11. The van der Waals surface area contributed by atoms with E-state index in [4.69, 9.17) is 14.5 Å². The normalized spacial score (nSPS) is 33.4. The van der Waals surface area contributed by atoms with Crippen molar-refractivity contribution in [2.75, 3.05) is 38.7 Å². The molecule has 3 unspecified atom stereocenters.